The predicted octanol–water partition coefficient (Wildman–Crippen LogP) is -1.19. The van der Waals surface area contributed by atoms with Crippen molar-refractivity contribution in [1.82, 2.24) is 0 Å². The molecular formula is C7H9Na+. The largest absolute Gasteiger partial charge is 1.00 e. The van der Waals surface area contributed by atoms with Crippen LogP contribution < -0.4 is 29.6 Å². The zero-order valence-electron chi connectivity index (χ0n) is 5.52. The third-order valence-electron chi connectivity index (χ3n) is 1.14. The molecule has 0 aromatic rings. The third-order valence-corrected chi connectivity index (χ3v) is 1.14. The number of rotatable bonds is 1. The van der Waals surface area contributed by atoms with Gasteiger partial charge >= 0.3 is 29.6 Å². The molecule has 8 heavy (non-hydrogen) atoms. The van der Waals surface area contributed by atoms with Gasteiger partial charge in [0.2, 0.25) is 0 Å². The summed E-state index contributed by atoms with van der Waals surface area (Å²) in [6, 6.07) is 0. The fourth-order valence-electron chi connectivity index (χ4n) is 0.650. The molecule has 1 aliphatic carbocycles. The molecule has 1 saturated carbocycles. The second-order valence-corrected chi connectivity index (χ2v) is 1.65. The molecule has 0 heterocycles. The second-order valence-electron chi connectivity index (χ2n) is 1.65. The van der Waals surface area contributed by atoms with Crippen LogP contribution in [0, 0.1) is 31.6 Å². The molecule has 0 atom stereocenters. The molecule has 0 aromatic heterocycles. The van der Waals surface area contributed by atoms with E-state index < -0.39 is 0 Å². The van der Waals surface area contributed by atoms with Crippen LogP contribution in [0.5, 0.6) is 0 Å². The minimum atomic E-state index is 0. The Balaban J connectivity index is 0.000000490. The van der Waals surface area contributed by atoms with Gasteiger partial charge in [-0.05, 0) is 38.0 Å². The average Bonchev–Trinajstić information content (AvgIpc) is 2.14. The van der Waals surface area contributed by atoms with Crippen LogP contribution in [0.3, 0.4) is 0 Å². The maximum atomic E-state index is 2.16. The first-order valence-electron chi connectivity index (χ1n) is 2.64. The maximum Gasteiger partial charge on any atom is 1.00 e. The van der Waals surface area contributed by atoms with E-state index in [1.807, 2.05) is 0 Å². The Labute approximate surface area is 74.3 Å². The second kappa shape index (κ2) is 4.84. The molecule has 0 amide bonds. The molecule has 37 valence electrons. The van der Waals surface area contributed by atoms with Gasteiger partial charge in [-0.15, -0.1) is 0 Å². The van der Waals surface area contributed by atoms with Gasteiger partial charge in [-0.25, -0.2) is 0 Å². The quantitative estimate of drug-likeness (QED) is 0.378. The first-order chi connectivity index (χ1) is 3.43. The van der Waals surface area contributed by atoms with Crippen molar-refractivity contribution in [3.63, 3.8) is 0 Å². The van der Waals surface area contributed by atoms with Crippen LogP contribution in [-0.4, -0.2) is 0 Å². The molecule has 1 aliphatic rings. The van der Waals surface area contributed by atoms with Crippen molar-refractivity contribution >= 4 is 0 Å². The first kappa shape index (κ1) is 9.00. The zero-order valence-corrected chi connectivity index (χ0v) is 7.52. The standard InChI is InChI=1S/C7H9.Na/c1-2-7-5-3-4-6-7;/h3-6H,2H2,1H3;/q;+1. The minimum absolute atomic E-state index is 0. The molecule has 0 nitrogen and oxygen atoms in total. The molecule has 1 heteroatoms. The van der Waals surface area contributed by atoms with E-state index in [0.717, 1.165) is 6.42 Å². The van der Waals surface area contributed by atoms with E-state index in [1.165, 1.54) is 5.92 Å². The zero-order chi connectivity index (χ0) is 5.11. The summed E-state index contributed by atoms with van der Waals surface area (Å²) in [5.41, 5.74) is 0. The van der Waals surface area contributed by atoms with E-state index in [1.54, 1.807) is 0 Å². The average molecular weight is 116 g/mol. The van der Waals surface area contributed by atoms with Gasteiger partial charge in [-0.2, -0.15) is 0 Å². The molecule has 0 spiro atoms. The van der Waals surface area contributed by atoms with Crippen LogP contribution in [0.4, 0.5) is 0 Å². The van der Waals surface area contributed by atoms with Crippen molar-refractivity contribution in [2.75, 3.05) is 0 Å². The summed E-state index contributed by atoms with van der Waals surface area (Å²) in [6.07, 6.45) is 9.57. The summed E-state index contributed by atoms with van der Waals surface area (Å²) in [7, 11) is 0. The minimum Gasteiger partial charge on any atom is -0.0648 e. The fourth-order valence-corrected chi connectivity index (χ4v) is 0.650. The van der Waals surface area contributed by atoms with Crippen molar-refractivity contribution in [2.45, 2.75) is 13.3 Å². The SMILES string of the molecule is CC[C]1[CH][CH][CH][CH]1.[Na+]. The van der Waals surface area contributed by atoms with Gasteiger partial charge in [0.05, 0.1) is 0 Å². The van der Waals surface area contributed by atoms with E-state index in [9.17, 15) is 0 Å². The first-order valence-corrected chi connectivity index (χ1v) is 2.64. The normalized spacial score (nSPS) is 20.6. The third kappa shape index (κ3) is 2.52. The van der Waals surface area contributed by atoms with Crippen molar-refractivity contribution in [1.29, 1.82) is 0 Å². The molecule has 5 radical (unpaired) electrons. The topological polar surface area (TPSA) is 0 Å². The van der Waals surface area contributed by atoms with E-state index in [2.05, 4.69) is 32.6 Å². The van der Waals surface area contributed by atoms with Crippen LogP contribution >= 0.6 is 0 Å². The molecule has 0 saturated heterocycles. The van der Waals surface area contributed by atoms with Crippen molar-refractivity contribution in [3.8, 4) is 0 Å². The van der Waals surface area contributed by atoms with Crippen LogP contribution in [0.1, 0.15) is 13.3 Å². The van der Waals surface area contributed by atoms with Gasteiger partial charge in [0, 0.05) is 0 Å². The van der Waals surface area contributed by atoms with Crippen LogP contribution in [0.25, 0.3) is 0 Å². The Kier molecular flexibility index (Phi) is 5.44. The van der Waals surface area contributed by atoms with Crippen LogP contribution in [-0.2, 0) is 0 Å². The monoisotopic (exact) mass is 116 g/mol. The Morgan fingerprint density at radius 1 is 1.25 bits per heavy atom. The van der Waals surface area contributed by atoms with Gasteiger partial charge in [0.15, 0.2) is 0 Å². The summed E-state index contributed by atoms with van der Waals surface area (Å²) < 4.78 is 0. The van der Waals surface area contributed by atoms with Crippen LogP contribution in [0.2, 0.25) is 0 Å². The van der Waals surface area contributed by atoms with E-state index in [0.29, 0.717) is 0 Å². The van der Waals surface area contributed by atoms with Gasteiger partial charge in [0.25, 0.3) is 0 Å². The number of hydrogen-bond acceptors (Lipinski definition) is 0. The Morgan fingerprint density at radius 2 is 1.75 bits per heavy atom. The molecule has 0 aromatic carbocycles. The maximum absolute atomic E-state index is 2.16. The van der Waals surface area contributed by atoms with Gasteiger partial charge in [-0.1, -0.05) is 6.92 Å². The van der Waals surface area contributed by atoms with Crippen LogP contribution in [0.15, 0.2) is 0 Å². The molecule has 0 N–H and O–H groups in total. The summed E-state index contributed by atoms with van der Waals surface area (Å²) in [5, 5.41) is 0. The van der Waals surface area contributed by atoms with Gasteiger partial charge in [-0.3, -0.25) is 0 Å². The Bertz CT molecular complexity index is 46.3. The summed E-state index contributed by atoms with van der Waals surface area (Å²) in [6.45, 7) is 2.16. The van der Waals surface area contributed by atoms with Gasteiger partial charge in [0.1, 0.15) is 0 Å². The Hall–Kier alpha value is 1.00. The molecular weight excluding hydrogens is 107 g/mol. The molecule has 1 fully saturated rings. The molecule has 1 rings (SSSR count). The summed E-state index contributed by atoms with van der Waals surface area (Å²) >= 11 is 0. The molecule has 0 aliphatic heterocycles. The van der Waals surface area contributed by atoms with Crippen molar-refractivity contribution in [3.05, 3.63) is 31.6 Å². The van der Waals surface area contributed by atoms with Gasteiger partial charge < -0.3 is 0 Å². The number of hydrogen-bond donors (Lipinski definition) is 0. The molecule has 0 unspecified atom stereocenters. The van der Waals surface area contributed by atoms with E-state index in [4.69, 9.17) is 0 Å². The smallest absolute Gasteiger partial charge is 0.0648 e. The predicted molar refractivity (Wildman–Crippen MR) is 30.7 cm³/mol. The molecule has 0 bridgehead atoms. The van der Waals surface area contributed by atoms with Crippen molar-refractivity contribution < 1.29 is 29.6 Å². The van der Waals surface area contributed by atoms with Crippen molar-refractivity contribution in [2.24, 2.45) is 0 Å². The summed E-state index contributed by atoms with van der Waals surface area (Å²) in [4.78, 5) is 0. The van der Waals surface area contributed by atoms with E-state index >= 15 is 0 Å². The van der Waals surface area contributed by atoms with E-state index in [-0.39, 0.29) is 29.6 Å². The summed E-state index contributed by atoms with van der Waals surface area (Å²) in [5.74, 6) is 1.43. The fraction of sp³-hybridized carbons (Fsp3) is 0.286. The Morgan fingerprint density at radius 3 is 2.00 bits per heavy atom.